The number of sulfonamides is 1. The van der Waals surface area contributed by atoms with Crippen LogP contribution in [0.25, 0.3) is 11.2 Å². The van der Waals surface area contributed by atoms with Crippen LogP contribution in [0.2, 0.25) is 0 Å². The highest BCUT2D eigenvalue weighted by Gasteiger charge is 2.16. The van der Waals surface area contributed by atoms with E-state index < -0.39 is 32.9 Å². The minimum absolute atomic E-state index is 0.0413. The molecule has 2 aromatic heterocycles. The van der Waals surface area contributed by atoms with E-state index in [1.54, 1.807) is 0 Å². The lowest BCUT2D eigenvalue weighted by atomic mass is 10.0. The topological polar surface area (TPSA) is 204 Å². The van der Waals surface area contributed by atoms with Gasteiger partial charge in [-0.25, -0.2) is 22.7 Å². The Balaban J connectivity index is 0.000000420. The molecule has 13 heteroatoms. The molecule has 42 heavy (non-hydrogen) atoms. The number of unbranched alkanes of at least 4 members (excludes halogenated alkanes) is 14. The number of carbonyl (C=O) groups excluding carboxylic acids is 1. The van der Waals surface area contributed by atoms with E-state index in [1.807, 2.05) is 4.98 Å². The number of fused-ring (bicyclic) bond motifs is 1. The van der Waals surface area contributed by atoms with Crippen LogP contribution in [0.5, 0.6) is 0 Å². The number of nitrogens with two attached hydrogens (primary N) is 1. The number of anilines is 1. The van der Waals surface area contributed by atoms with E-state index >= 15 is 0 Å². The molecule has 7 N–H and O–H groups in total. The van der Waals surface area contributed by atoms with Crippen molar-refractivity contribution in [2.75, 3.05) is 5.73 Å². The summed E-state index contributed by atoms with van der Waals surface area (Å²) in [7, 11) is -3.80. The molecule has 3 aromatic rings. The number of aromatic amines is 4. The second-order valence-electron chi connectivity index (χ2n) is 10.5. The molecule has 0 radical (unpaired) electrons. The Hall–Kier alpha value is -3.61. The summed E-state index contributed by atoms with van der Waals surface area (Å²) in [6.07, 6.45) is 19.2. The molecule has 12 nitrogen and oxygen atoms in total. The Labute approximate surface area is 246 Å². The molecule has 0 aliphatic rings. The largest absolute Gasteiger partial charge is 0.399 e. The molecule has 0 fully saturated rings. The third-order valence-electron chi connectivity index (χ3n) is 6.87. The molecular weight excluding hydrogens is 560 g/mol. The first-order valence-electron chi connectivity index (χ1n) is 15.0. The van der Waals surface area contributed by atoms with Crippen LogP contribution >= 0.6 is 0 Å². The van der Waals surface area contributed by atoms with Crippen LogP contribution in [0.3, 0.4) is 0 Å². The standard InChI is InChI=1S/C24H42N2O3S.C5H4N4O3/c1-2-3-4-5-6-7-8-9-10-11-12-13-14-15-16-17-24(27)26-30(28,29)23-20-18-22(25)19-21-23;10-3-1-2(7-4(11)6-1)8-5(12)9-3/h18-21H,2-17,25H2,1H3,(H,26,27);(H4,6,7,8,9,10,11,12). The zero-order valence-corrected chi connectivity index (χ0v) is 25.4. The van der Waals surface area contributed by atoms with Crippen LogP contribution < -0.4 is 27.4 Å². The summed E-state index contributed by atoms with van der Waals surface area (Å²) in [5, 5.41) is 0. The normalized spacial score (nSPS) is 11.3. The first kappa shape index (κ1) is 34.6. The van der Waals surface area contributed by atoms with Gasteiger partial charge in [0.1, 0.15) is 11.2 Å². The van der Waals surface area contributed by atoms with Crippen LogP contribution in [0.4, 0.5) is 5.69 Å². The Bertz CT molecular complexity index is 1490. The Morgan fingerprint density at radius 2 is 1.14 bits per heavy atom. The number of nitrogen functional groups attached to an aromatic ring is 1. The lowest BCUT2D eigenvalue weighted by molar-refractivity contribution is -0.119. The second-order valence-corrected chi connectivity index (χ2v) is 12.2. The summed E-state index contributed by atoms with van der Waals surface area (Å²) in [5.74, 6) is -0.443. The predicted molar refractivity (Wildman–Crippen MR) is 166 cm³/mol. The molecule has 3 rings (SSSR count). The maximum Gasteiger partial charge on any atom is 0.327 e. The van der Waals surface area contributed by atoms with E-state index in [4.69, 9.17) is 5.73 Å². The summed E-state index contributed by atoms with van der Waals surface area (Å²) in [4.78, 5) is 53.0. The maximum atomic E-state index is 12.1. The van der Waals surface area contributed by atoms with Crippen LogP contribution in [-0.4, -0.2) is 34.3 Å². The van der Waals surface area contributed by atoms with Crippen molar-refractivity contribution in [1.82, 2.24) is 24.7 Å². The van der Waals surface area contributed by atoms with E-state index in [9.17, 15) is 27.6 Å². The van der Waals surface area contributed by atoms with Gasteiger partial charge in [-0.1, -0.05) is 96.8 Å². The van der Waals surface area contributed by atoms with Crippen molar-refractivity contribution in [3.05, 3.63) is 55.6 Å². The quantitative estimate of drug-likeness (QED) is 0.0898. The number of nitrogens with one attached hydrogen (secondary N) is 5. The number of carbonyl (C=O) groups is 1. The molecule has 0 saturated carbocycles. The third-order valence-corrected chi connectivity index (χ3v) is 8.25. The van der Waals surface area contributed by atoms with Crippen molar-refractivity contribution in [3.8, 4) is 0 Å². The number of amides is 1. The van der Waals surface area contributed by atoms with Gasteiger partial charge in [0.25, 0.3) is 15.6 Å². The van der Waals surface area contributed by atoms with Gasteiger partial charge in [-0.2, -0.15) is 0 Å². The average molecular weight is 607 g/mol. The molecule has 0 atom stereocenters. The Kier molecular flexibility index (Phi) is 15.4. The number of hydrogen-bond acceptors (Lipinski definition) is 7. The molecule has 0 unspecified atom stereocenters. The lowest BCUT2D eigenvalue weighted by Crippen LogP contribution is -2.30. The molecule has 0 aliphatic heterocycles. The maximum absolute atomic E-state index is 12.1. The van der Waals surface area contributed by atoms with Gasteiger partial charge < -0.3 is 5.73 Å². The summed E-state index contributed by atoms with van der Waals surface area (Å²) >= 11 is 0. The first-order valence-corrected chi connectivity index (χ1v) is 16.5. The van der Waals surface area contributed by atoms with Gasteiger partial charge in [0.2, 0.25) is 5.91 Å². The van der Waals surface area contributed by atoms with E-state index in [0.717, 1.165) is 19.3 Å². The van der Waals surface area contributed by atoms with E-state index in [-0.39, 0.29) is 22.5 Å². The van der Waals surface area contributed by atoms with Crippen LogP contribution in [0, 0.1) is 0 Å². The second kappa shape index (κ2) is 18.7. The van der Waals surface area contributed by atoms with Gasteiger partial charge in [-0.15, -0.1) is 0 Å². The van der Waals surface area contributed by atoms with Crippen LogP contribution in [-0.2, 0) is 14.8 Å². The van der Waals surface area contributed by atoms with E-state index in [0.29, 0.717) is 5.69 Å². The van der Waals surface area contributed by atoms with Crippen LogP contribution in [0.15, 0.2) is 43.5 Å². The molecule has 0 bridgehead atoms. The minimum atomic E-state index is -3.80. The van der Waals surface area contributed by atoms with Gasteiger partial charge in [0.05, 0.1) is 4.90 Å². The number of aromatic nitrogens is 4. The van der Waals surface area contributed by atoms with Gasteiger partial charge in [0.15, 0.2) is 0 Å². The number of rotatable bonds is 18. The highest BCUT2D eigenvalue weighted by atomic mass is 32.2. The van der Waals surface area contributed by atoms with Crippen molar-refractivity contribution in [1.29, 1.82) is 0 Å². The van der Waals surface area contributed by atoms with Gasteiger partial charge in [0, 0.05) is 12.1 Å². The van der Waals surface area contributed by atoms with Crippen molar-refractivity contribution in [2.24, 2.45) is 0 Å². The van der Waals surface area contributed by atoms with Crippen molar-refractivity contribution in [2.45, 2.75) is 115 Å². The SMILES string of the molecule is CCCCCCCCCCCCCCCCCC(=O)NS(=O)(=O)c1ccc(N)cc1.O=c1[nH]c(=O)c2[nH]c(=O)[nH]c2[nH]1. The molecule has 234 valence electrons. The van der Waals surface area contributed by atoms with Crippen molar-refractivity contribution < 1.29 is 13.2 Å². The number of hydrogen-bond donors (Lipinski definition) is 6. The zero-order valence-electron chi connectivity index (χ0n) is 24.6. The average Bonchev–Trinajstić information content (AvgIpc) is 3.31. The van der Waals surface area contributed by atoms with E-state index in [2.05, 4.69) is 26.6 Å². The van der Waals surface area contributed by atoms with E-state index in [1.165, 1.54) is 101 Å². The van der Waals surface area contributed by atoms with Gasteiger partial charge >= 0.3 is 11.4 Å². The fraction of sp³-hybridized carbons (Fsp3) is 0.586. The third kappa shape index (κ3) is 13.4. The number of benzene rings is 1. The summed E-state index contributed by atoms with van der Waals surface area (Å²) in [5.41, 5.74) is 4.39. The monoisotopic (exact) mass is 606 g/mol. The first-order chi connectivity index (χ1) is 20.1. The molecule has 1 amide bonds. The molecular formula is C29H46N6O6S. The number of imidazole rings is 1. The van der Waals surface area contributed by atoms with Crippen molar-refractivity contribution in [3.63, 3.8) is 0 Å². The number of H-pyrrole nitrogens is 4. The predicted octanol–water partition coefficient (Wildman–Crippen LogP) is 4.57. The van der Waals surface area contributed by atoms with Gasteiger partial charge in [-0.3, -0.25) is 29.5 Å². The van der Waals surface area contributed by atoms with Gasteiger partial charge in [-0.05, 0) is 30.7 Å². The lowest BCUT2D eigenvalue weighted by Gasteiger charge is -2.07. The summed E-state index contributed by atoms with van der Waals surface area (Å²) in [6, 6.07) is 5.82. The summed E-state index contributed by atoms with van der Waals surface area (Å²) < 4.78 is 26.4. The fourth-order valence-electron chi connectivity index (χ4n) is 4.52. The smallest absolute Gasteiger partial charge is 0.327 e. The summed E-state index contributed by atoms with van der Waals surface area (Å²) in [6.45, 7) is 2.26. The van der Waals surface area contributed by atoms with Crippen molar-refractivity contribution >= 4 is 32.8 Å². The highest BCUT2D eigenvalue weighted by molar-refractivity contribution is 7.90. The Morgan fingerprint density at radius 3 is 1.64 bits per heavy atom. The highest BCUT2D eigenvalue weighted by Crippen LogP contribution is 2.14. The zero-order chi connectivity index (χ0) is 30.8. The Morgan fingerprint density at radius 1 is 0.690 bits per heavy atom. The molecule has 0 spiro atoms. The fourth-order valence-corrected chi connectivity index (χ4v) is 5.54. The minimum Gasteiger partial charge on any atom is -0.399 e. The molecule has 1 aromatic carbocycles. The molecule has 0 aliphatic carbocycles. The molecule has 0 saturated heterocycles. The van der Waals surface area contributed by atoms with Crippen LogP contribution in [0.1, 0.15) is 110 Å². The molecule has 2 heterocycles.